The van der Waals surface area contributed by atoms with Crippen molar-refractivity contribution in [2.75, 3.05) is 0 Å². The number of nitrogens with zero attached hydrogens (tertiary/aromatic N) is 1. The number of hydrogen-bond donors (Lipinski definition) is 0. The number of rotatable bonds is 3. The second-order valence-corrected chi connectivity index (χ2v) is 6.07. The Labute approximate surface area is 103 Å². The van der Waals surface area contributed by atoms with Gasteiger partial charge in [-0.15, -0.1) is 0 Å². The molecule has 1 atom stereocenters. The molecule has 3 heteroatoms. The molecule has 0 saturated carbocycles. The molecule has 16 heavy (non-hydrogen) atoms. The zero-order valence-corrected chi connectivity index (χ0v) is 11.6. The molecular weight excluding hydrogens is 218 g/mol. The van der Waals surface area contributed by atoms with Gasteiger partial charge in [0.2, 0.25) is 0 Å². The Hall–Kier alpha value is -0.440. The minimum absolute atomic E-state index is 0.224. The van der Waals surface area contributed by atoms with Crippen LogP contribution in [0.1, 0.15) is 47.0 Å². The predicted molar refractivity (Wildman–Crippen MR) is 71.9 cm³/mol. The topological polar surface area (TPSA) is 20.3 Å². The fraction of sp³-hybridized carbons (Fsp3) is 0.769. The molecule has 0 radical (unpaired) electrons. The van der Waals surface area contributed by atoms with E-state index in [0.29, 0.717) is 5.25 Å². The second-order valence-electron chi connectivity index (χ2n) is 4.88. The van der Waals surface area contributed by atoms with Crippen LogP contribution in [0.5, 0.6) is 0 Å². The molecule has 1 aliphatic carbocycles. The van der Waals surface area contributed by atoms with Crippen LogP contribution in [0.25, 0.3) is 0 Å². The molecule has 0 bridgehead atoms. The molecular formula is C13H23NOS. The van der Waals surface area contributed by atoms with E-state index in [9.17, 15) is 4.79 Å². The summed E-state index contributed by atoms with van der Waals surface area (Å²) in [6.45, 7) is 8.31. The van der Waals surface area contributed by atoms with Crippen molar-refractivity contribution in [1.29, 1.82) is 0 Å². The number of carbonyl (C=O) groups is 1. The first-order valence-corrected chi connectivity index (χ1v) is 7.06. The van der Waals surface area contributed by atoms with E-state index in [4.69, 9.17) is 0 Å². The molecule has 0 aliphatic heterocycles. The summed E-state index contributed by atoms with van der Waals surface area (Å²) in [5.74, 6) is 0. The van der Waals surface area contributed by atoms with Crippen LogP contribution < -0.4 is 0 Å². The van der Waals surface area contributed by atoms with Crippen LogP contribution >= 0.6 is 11.8 Å². The van der Waals surface area contributed by atoms with Crippen LogP contribution in [0, 0.1) is 0 Å². The molecule has 0 spiro atoms. The van der Waals surface area contributed by atoms with Gasteiger partial charge in [0.15, 0.2) is 0 Å². The highest BCUT2D eigenvalue weighted by Gasteiger charge is 2.23. The van der Waals surface area contributed by atoms with Gasteiger partial charge >= 0.3 is 0 Å². The molecule has 1 amide bonds. The molecule has 0 heterocycles. The Morgan fingerprint density at radius 3 is 2.38 bits per heavy atom. The number of hydrogen-bond acceptors (Lipinski definition) is 2. The monoisotopic (exact) mass is 241 g/mol. The first-order chi connectivity index (χ1) is 7.52. The van der Waals surface area contributed by atoms with Gasteiger partial charge in [-0.3, -0.25) is 4.79 Å². The van der Waals surface area contributed by atoms with E-state index in [-0.39, 0.29) is 17.3 Å². The Morgan fingerprint density at radius 1 is 1.31 bits per heavy atom. The quantitative estimate of drug-likeness (QED) is 0.694. The van der Waals surface area contributed by atoms with Crippen LogP contribution in [-0.2, 0) is 0 Å². The van der Waals surface area contributed by atoms with E-state index in [0.717, 1.165) is 6.42 Å². The number of carbonyl (C=O) groups excluding carboxylic acids is 1. The lowest BCUT2D eigenvalue weighted by Gasteiger charge is -2.31. The van der Waals surface area contributed by atoms with E-state index < -0.39 is 0 Å². The van der Waals surface area contributed by atoms with Gasteiger partial charge in [-0.05, 0) is 47.0 Å². The van der Waals surface area contributed by atoms with E-state index in [1.165, 1.54) is 24.6 Å². The van der Waals surface area contributed by atoms with Gasteiger partial charge in [-0.25, -0.2) is 0 Å². The maximum absolute atomic E-state index is 12.1. The third-order valence-corrected chi connectivity index (χ3v) is 3.89. The van der Waals surface area contributed by atoms with Crippen LogP contribution in [0.15, 0.2) is 12.2 Å². The van der Waals surface area contributed by atoms with E-state index >= 15 is 0 Å². The molecule has 0 aromatic rings. The summed E-state index contributed by atoms with van der Waals surface area (Å²) >= 11 is 1.49. The van der Waals surface area contributed by atoms with Crippen molar-refractivity contribution in [3.8, 4) is 0 Å². The maximum Gasteiger partial charge on any atom is 0.282 e. The van der Waals surface area contributed by atoms with Crippen molar-refractivity contribution in [2.24, 2.45) is 0 Å². The first kappa shape index (κ1) is 13.6. The lowest BCUT2D eigenvalue weighted by Crippen LogP contribution is -2.40. The van der Waals surface area contributed by atoms with Gasteiger partial charge in [0.25, 0.3) is 5.24 Å². The molecule has 0 saturated heterocycles. The fourth-order valence-electron chi connectivity index (χ4n) is 2.09. The van der Waals surface area contributed by atoms with Crippen LogP contribution in [0.2, 0.25) is 0 Å². The highest BCUT2D eigenvalue weighted by atomic mass is 32.2. The lowest BCUT2D eigenvalue weighted by molar-refractivity contribution is 0.190. The van der Waals surface area contributed by atoms with Crippen molar-refractivity contribution >= 4 is 17.0 Å². The summed E-state index contributed by atoms with van der Waals surface area (Å²) in [6, 6.07) is 0.570. The zero-order chi connectivity index (χ0) is 12.1. The molecule has 92 valence electrons. The lowest BCUT2D eigenvalue weighted by atomic mass is 10.1. The Morgan fingerprint density at radius 2 is 1.94 bits per heavy atom. The molecule has 2 nitrogen and oxygen atoms in total. The minimum Gasteiger partial charge on any atom is -0.329 e. The second kappa shape index (κ2) is 6.33. The molecule has 1 rings (SSSR count). The normalized spacial score (nSPS) is 20.5. The van der Waals surface area contributed by atoms with Crippen LogP contribution in [-0.4, -0.2) is 27.5 Å². The summed E-state index contributed by atoms with van der Waals surface area (Å²) in [6.07, 6.45) is 7.90. The van der Waals surface area contributed by atoms with Crippen LogP contribution in [0.3, 0.4) is 0 Å². The van der Waals surface area contributed by atoms with E-state index in [1.54, 1.807) is 0 Å². The Balaban J connectivity index is 2.54. The van der Waals surface area contributed by atoms with Crippen molar-refractivity contribution in [1.82, 2.24) is 4.90 Å². The van der Waals surface area contributed by atoms with Gasteiger partial charge in [0.05, 0.1) is 0 Å². The third-order valence-electron chi connectivity index (χ3n) is 2.79. The van der Waals surface area contributed by atoms with Gasteiger partial charge < -0.3 is 4.90 Å². The molecule has 1 aliphatic rings. The van der Waals surface area contributed by atoms with Gasteiger partial charge in [-0.1, -0.05) is 23.9 Å². The fourth-order valence-corrected chi connectivity index (χ4v) is 3.36. The average molecular weight is 241 g/mol. The van der Waals surface area contributed by atoms with Gasteiger partial charge in [-0.2, -0.15) is 0 Å². The minimum atomic E-state index is 0.224. The summed E-state index contributed by atoms with van der Waals surface area (Å²) < 4.78 is 0. The number of allylic oxidation sites excluding steroid dienone is 1. The smallest absolute Gasteiger partial charge is 0.282 e. The van der Waals surface area contributed by atoms with Crippen molar-refractivity contribution in [2.45, 2.75) is 64.3 Å². The van der Waals surface area contributed by atoms with Crippen molar-refractivity contribution in [3.63, 3.8) is 0 Å². The first-order valence-electron chi connectivity index (χ1n) is 6.18. The molecule has 0 fully saturated rings. The molecule has 0 aromatic heterocycles. The highest BCUT2D eigenvalue weighted by Crippen LogP contribution is 2.27. The molecule has 0 unspecified atom stereocenters. The summed E-state index contributed by atoms with van der Waals surface area (Å²) in [5, 5.41) is 0.614. The number of amides is 1. The van der Waals surface area contributed by atoms with Crippen molar-refractivity contribution < 1.29 is 4.79 Å². The zero-order valence-electron chi connectivity index (χ0n) is 10.8. The summed E-state index contributed by atoms with van der Waals surface area (Å²) in [4.78, 5) is 14.1. The average Bonchev–Trinajstić information content (AvgIpc) is 2.17. The van der Waals surface area contributed by atoms with Gasteiger partial charge in [0, 0.05) is 17.3 Å². The standard InChI is InChI=1S/C13H23NOS/c1-10(2)14(11(3)4)13(15)16-12-8-6-5-7-9-12/h6,8,10-12H,5,7,9H2,1-4H3/t12-/m0/s1. The maximum atomic E-state index is 12.1. The third kappa shape index (κ3) is 3.85. The van der Waals surface area contributed by atoms with Gasteiger partial charge in [0.1, 0.15) is 0 Å². The number of thioether (sulfide) groups is 1. The Bertz CT molecular complexity index is 253. The van der Waals surface area contributed by atoms with Crippen molar-refractivity contribution in [3.05, 3.63) is 12.2 Å². The highest BCUT2D eigenvalue weighted by molar-refractivity contribution is 8.14. The molecule has 0 aromatic carbocycles. The Kier molecular flexibility index (Phi) is 5.39. The predicted octanol–water partition coefficient (Wildman–Crippen LogP) is 4.07. The van der Waals surface area contributed by atoms with E-state index in [1.807, 2.05) is 4.90 Å². The SMILES string of the molecule is CC(C)N(C(=O)S[C@H]1C=CCCC1)C(C)C. The molecule has 0 N–H and O–H groups in total. The summed E-state index contributed by atoms with van der Waals surface area (Å²) in [5.41, 5.74) is 0. The largest absolute Gasteiger partial charge is 0.329 e. The summed E-state index contributed by atoms with van der Waals surface area (Å²) in [7, 11) is 0. The van der Waals surface area contributed by atoms with E-state index in [2.05, 4.69) is 39.8 Å². The van der Waals surface area contributed by atoms with Crippen LogP contribution in [0.4, 0.5) is 4.79 Å².